The molecule has 2 aromatic carbocycles. The second-order valence-electron chi connectivity index (χ2n) is 7.93. The molecule has 1 amide bonds. The maximum atomic E-state index is 13.1. The summed E-state index contributed by atoms with van der Waals surface area (Å²) in [4.78, 5) is 28.7. The van der Waals surface area contributed by atoms with Crippen LogP contribution in [0.2, 0.25) is 0 Å². The summed E-state index contributed by atoms with van der Waals surface area (Å²) < 4.78 is 11.9. The average Bonchev–Trinajstić information content (AvgIpc) is 3.07. The topological polar surface area (TPSA) is 95.0 Å². The normalized spacial score (nSPS) is 12.1. The lowest BCUT2D eigenvalue weighted by Gasteiger charge is -2.20. The number of rotatable bonds is 9. The van der Waals surface area contributed by atoms with Crippen molar-refractivity contribution in [3.63, 3.8) is 0 Å². The molecule has 0 spiro atoms. The second-order valence-corrected chi connectivity index (χ2v) is 8.79. The van der Waals surface area contributed by atoms with E-state index in [0.717, 1.165) is 22.4 Å². The Bertz CT molecular complexity index is 1100. The van der Waals surface area contributed by atoms with Gasteiger partial charge in [-0.1, -0.05) is 0 Å². The van der Waals surface area contributed by atoms with Crippen molar-refractivity contribution in [3.8, 4) is 11.5 Å². The van der Waals surface area contributed by atoms with Gasteiger partial charge in [0.15, 0.2) is 11.5 Å². The summed E-state index contributed by atoms with van der Waals surface area (Å²) >= 11 is 3.49. The number of nitrogens with one attached hydrogen (secondary N) is 2. The molecule has 0 aromatic heterocycles. The van der Waals surface area contributed by atoms with Crippen molar-refractivity contribution < 1.29 is 19.1 Å². The van der Waals surface area contributed by atoms with Crippen LogP contribution in [0.1, 0.15) is 34.0 Å². The van der Waals surface area contributed by atoms with E-state index in [4.69, 9.17) is 14.9 Å². The Balaban J connectivity index is 0.00000408. The van der Waals surface area contributed by atoms with Gasteiger partial charge < -0.3 is 24.6 Å². The fourth-order valence-electron chi connectivity index (χ4n) is 3.84. The Morgan fingerprint density at radius 1 is 1.24 bits per heavy atom. The molecule has 184 valence electrons. The number of amidine groups is 1. The maximum absolute atomic E-state index is 13.1. The number of nitrogens with zero attached hydrogens (tertiary/aromatic N) is 2. The monoisotopic (exact) mass is 596 g/mol. The van der Waals surface area contributed by atoms with Gasteiger partial charge in [-0.2, -0.15) is 0 Å². The first kappa shape index (κ1) is 27.7. The van der Waals surface area contributed by atoms with Gasteiger partial charge in [-0.25, -0.2) is 0 Å². The molecule has 1 aliphatic heterocycles. The number of ketones is 1. The molecule has 0 fully saturated rings. The van der Waals surface area contributed by atoms with Crippen LogP contribution < -0.4 is 19.7 Å². The third-order valence-electron chi connectivity index (χ3n) is 5.51. The SMILES string of the molecule is Br.CCOc1cc2c(cc1CC(=O)NC)C(=N)N(CC(=O)c1cc(Br)c(OC)c(N(C)C)c1)C2. The summed E-state index contributed by atoms with van der Waals surface area (Å²) in [6.07, 6.45) is 0.165. The highest BCUT2D eigenvalue weighted by molar-refractivity contribution is 9.10. The average molecular weight is 598 g/mol. The van der Waals surface area contributed by atoms with Gasteiger partial charge in [-0.15, -0.1) is 17.0 Å². The molecule has 2 aromatic rings. The molecule has 2 N–H and O–H groups in total. The summed E-state index contributed by atoms with van der Waals surface area (Å²) in [6.45, 7) is 2.85. The first-order valence-electron chi connectivity index (χ1n) is 10.6. The van der Waals surface area contributed by atoms with Crippen LogP contribution in [0.3, 0.4) is 0 Å². The third-order valence-corrected chi connectivity index (χ3v) is 6.10. The van der Waals surface area contributed by atoms with Crippen molar-refractivity contribution >= 4 is 56.1 Å². The number of anilines is 1. The van der Waals surface area contributed by atoms with E-state index in [2.05, 4.69) is 21.2 Å². The lowest BCUT2D eigenvalue weighted by molar-refractivity contribution is -0.119. The van der Waals surface area contributed by atoms with Gasteiger partial charge in [0.25, 0.3) is 0 Å². The number of hydrogen-bond acceptors (Lipinski definition) is 6. The molecule has 0 bridgehead atoms. The van der Waals surface area contributed by atoms with Crippen molar-refractivity contribution in [3.05, 3.63) is 51.0 Å². The van der Waals surface area contributed by atoms with Gasteiger partial charge in [-0.05, 0) is 52.7 Å². The zero-order chi connectivity index (χ0) is 24.3. The highest BCUT2D eigenvalue weighted by atomic mass is 79.9. The fourth-order valence-corrected chi connectivity index (χ4v) is 4.45. The van der Waals surface area contributed by atoms with Gasteiger partial charge in [-0.3, -0.25) is 15.0 Å². The Labute approximate surface area is 219 Å². The third kappa shape index (κ3) is 5.72. The summed E-state index contributed by atoms with van der Waals surface area (Å²) in [5, 5.41) is 11.3. The molecule has 3 rings (SSSR count). The standard InChI is InChI=1S/C24H29BrN4O4.BrH/c1-6-33-21-10-16-12-29(24(26)17(16)7-15(21)11-22(31)27-2)13-20(30)14-8-18(25)23(32-5)19(9-14)28(3)4;/h7-10,26H,6,11-13H2,1-5H3,(H,27,31);1H. The van der Waals surface area contributed by atoms with Crippen LogP contribution in [0.4, 0.5) is 5.69 Å². The number of halogens is 2. The van der Waals surface area contributed by atoms with Gasteiger partial charge >= 0.3 is 0 Å². The van der Waals surface area contributed by atoms with Crippen molar-refractivity contribution in [2.24, 2.45) is 0 Å². The number of fused-ring (bicyclic) bond motifs is 1. The molecule has 8 nitrogen and oxygen atoms in total. The van der Waals surface area contributed by atoms with E-state index in [1.807, 2.05) is 38.1 Å². The highest BCUT2D eigenvalue weighted by Gasteiger charge is 2.29. The minimum absolute atomic E-state index is 0. The number of carbonyl (C=O) groups excluding carboxylic acids is 2. The lowest BCUT2D eigenvalue weighted by Crippen LogP contribution is -2.30. The van der Waals surface area contributed by atoms with Gasteiger partial charge in [0.1, 0.15) is 11.6 Å². The first-order chi connectivity index (χ1) is 15.7. The van der Waals surface area contributed by atoms with Crippen LogP contribution in [0.25, 0.3) is 0 Å². The summed E-state index contributed by atoms with van der Waals surface area (Å²) in [6, 6.07) is 7.25. The molecule has 0 unspecified atom stereocenters. The molecule has 0 aliphatic carbocycles. The van der Waals surface area contributed by atoms with Crippen molar-refractivity contribution in [2.45, 2.75) is 19.9 Å². The molecule has 1 heterocycles. The largest absolute Gasteiger partial charge is 0.494 e. The predicted octanol–water partition coefficient (Wildman–Crippen LogP) is 3.81. The zero-order valence-electron chi connectivity index (χ0n) is 20.0. The maximum Gasteiger partial charge on any atom is 0.224 e. The molecule has 0 radical (unpaired) electrons. The zero-order valence-corrected chi connectivity index (χ0v) is 23.3. The molecular formula is C24H30Br2N4O4. The number of carbonyl (C=O) groups is 2. The number of ether oxygens (including phenoxy) is 2. The molecular weight excluding hydrogens is 568 g/mol. The number of benzene rings is 2. The van der Waals surface area contributed by atoms with E-state index in [1.165, 1.54) is 0 Å². The first-order valence-corrected chi connectivity index (χ1v) is 11.4. The fraction of sp³-hybridized carbons (Fsp3) is 0.375. The Kier molecular flexibility index (Phi) is 9.52. The van der Waals surface area contributed by atoms with E-state index in [9.17, 15) is 9.59 Å². The molecule has 0 saturated heterocycles. The minimum Gasteiger partial charge on any atom is -0.494 e. The van der Waals surface area contributed by atoms with E-state index in [0.29, 0.717) is 34.7 Å². The summed E-state index contributed by atoms with van der Waals surface area (Å²) in [5.41, 5.74) is 3.67. The summed E-state index contributed by atoms with van der Waals surface area (Å²) in [7, 11) is 6.95. The van der Waals surface area contributed by atoms with E-state index < -0.39 is 0 Å². The van der Waals surface area contributed by atoms with Gasteiger partial charge in [0.05, 0.1) is 36.8 Å². The predicted molar refractivity (Wildman–Crippen MR) is 142 cm³/mol. The Morgan fingerprint density at radius 2 is 1.94 bits per heavy atom. The highest BCUT2D eigenvalue weighted by Crippen LogP contribution is 2.37. The van der Waals surface area contributed by atoms with Crippen LogP contribution in [0.5, 0.6) is 11.5 Å². The van der Waals surface area contributed by atoms with Gasteiger partial charge in [0, 0.05) is 44.4 Å². The number of hydrogen-bond donors (Lipinski definition) is 2. The van der Waals surface area contributed by atoms with Crippen LogP contribution >= 0.6 is 32.9 Å². The van der Waals surface area contributed by atoms with E-state index in [-0.39, 0.29) is 47.5 Å². The summed E-state index contributed by atoms with van der Waals surface area (Å²) in [5.74, 6) is 1.32. The van der Waals surface area contributed by atoms with Crippen LogP contribution in [-0.4, -0.2) is 63.8 Å². The second kappa shape index (κ2) is 11.7. The Morgan fingerprint density at radius 3 is 2.53 bits per heavy atom. The van der Waals surface area contributed by atoms with Crippen molar-refractivity contribution in [2.75, 3.05) is 46.3 Å². The number of amides is 1. The van der Waals surface area contributed by atoms with E-state index in [1.54, 1.807) is 31.2 Å². The number of Topliss-reactive ketones (excluding diaryl/α,β-unsaturated/α-hetero) is 1. The molecule has 10 heteroatoms. The van der Waals surface area contributed by atoms with Crippen molar-refractivity contribution in [1.82, 2.24) is 10.2 Å². The van der Waals surface area contributed by atoms with E-state index >= 15 is 0 Å². The minimum atomic E-state index is -0.130. The van der Waals surface area contributed by atoms with Crippen LogP contribution in [-0.2, 0) is 17.8 Å². The molecule has 34 heavy (non-hydrogen) atoms. The molecule has 1 aliphatic rings. The number of likely N-dealkylation sites (N-methyl/N-ethyl adjacent to an activating group) is 1. The van der Waals surface area contributed by atoms with Gasteiger partial charge in [0.2, 0.25) is 5.91 Å². The lowest BCUT2D eigenvalue weighted by atomic mass is 10.0. The molecule has 0 atom stereocenters. The van der Waals surface area contributed by atoms with Crippen LogP contribution in [0.15, 0.2) is 28.7 Å². The number of methoxy groups -OCH3 is 1. The quantitative estimate of drug-likeness (QED) is 0.427. The molecule has 0 saturated carbocycles. The van der Waals surface area contributed by atoms with Crippen molar-refractivity contribution in [1.29, 1.82) is 5.41 Å². The Hall–Kier alpha value is -2.59. The van der Waals surface area contributed by atoms with Crippen LogP contribution in [0, 0.1) is 5.41 Å². The smallest absolute Gasteiger partial charge is 0.224 e.